The summed E-state index contributed by atoms with van der Waals surface area (Å²) in [6.07, 6.45) is 0. The van der Waals surface area contributed by atoms with Gasteiger partial charge in [0.05, 0.1) is 11.0 Å². The van der Waals surface area contributed by atoms with Crippen LogP contribution in [-0.4, -0.2) is 22.3 Å². The number of amides is 1. The molecule has 4 rings (SSSR count). The summed E-state index contributed by atoms with van der Waals surface area (Å²) < 4.78 is 12.1. The molecule has 3 aromatic rings. The SMILES string of the molecule is Cc1cc2nc(C)c(=O)n(CC(=O)NCc3ccc4c(c3)OCO4)c2cc1C. The van der Waals surface area contributed by atoms with Crippen LogP contribution in [0, 0.1) is 20.8 Å². The molecule has 0 atom stereocenters. The molecule has 0 saturated carbocycles. The Morgan fingerprint density at radius 3 is 2.68 bits per heavy atom. The molecule has 1 aliphatic rings. The smallest absolute Gasteiger partial charge is 0.272 e. The minimum Gasteiger partial charge on any atom is -0.454 e. The number of carbonyl (C=O) groups excluding carboxylic acids is 1. The quantitative estimate of drug-likeness (QED) is 0.753. The van der Waals surface area contributed by atoms with E-state index in [1.54, 1.807) is 6.92 Å². The molecule has 1 amide bonds. The molecule has 0 aliphatic carbocycles. The Kier molecular flexibility index (Phi) is 4.50. The van der Waals surface area contributed by atoms with Gasteiger partial charge < -0.3 is 14.8 Å². The first-order valence-corrected chi connectivity index (χ1v) is 9.06. The molecule has 0 unspecified atom stereocenters. The number of hydrogen-bond acceptors (Lipinski definition) is 5. The van der Waals surface area contributed by atoms with Crippen molar-refractivity contribution in [1.29, 1.82) is 0 Å². The van der Waals surface area contributed by atoms with Crippen LogP contribution in [0.15, 0.2) is 35.1 Å². The molecule has 144 valence electrons. The lowest BCUT2D eigenvalue weighted by Gasteiger charge is -2.13. The molecule has 0 spiro atoms. The topological polar surface area (TPSA) is 82.5 Å². The van der Waals surface area contributed by atoms with Gasteiger partial charge in [-0.1, -0.05) is 6.07 Å². The van der Waals surface area contributed by atoms with E-state index in [2.05, 4.69) is 10.3 Å². The Balaban J connectivity index is 1.56. The predicted octanol–water partition coefficient (Wildman–Crippen LogP) is 2.37. The van der Waals surface area contributed by atoms with Crippen LogP contribution in [0.1, 0.15) is 22.4 Å². The van der Waals surface area contributed by atoms with Gasteiger partial charge in [-0.3, -0.25) is 14.2 Å². The molecule has 2 heterocycles. The monoisotopic (exact) mass is 379 g/mol. The van der Waals surface area contributed by atoms with Gasteiger partial charge in [-0.25, -0.2) is 4.98 Å². The maximum Gasteiger partial charge on any atom is 0.272 e. The van der Waals surface area contributed by atoms with Gasteiger partial charge in [-0.05, 0) is 61.7 Å². The van der Waals surface area contributed by atoms with Crippen LogP contribution < -0.4 is 20.3 Å². The van der Waals surface area contributed by atoms with Crippen molar-refractivity contribution in [1.82, 2.24) is 14.9 Å². The summed E-state index contributed by atoms with van der Waals surface area (Å²) in [7, 11) is 0. The average molecular weight is 379 g/mol. The fourth-order valence-corrected chi connectivity index (χ4v) is 3.23. The van der Waals surface area contributed by atoms with Gasteiger partial charge in [-0.15, -0.1) is 0 Å². The molecular weight excluding hydrogens is 358 g/mol. The number of fused-ring (bicyclic) bond motifs is 2. The first-order valence-electron chi connectivity index (χ1n) is 9.06. The van der Waals surface area contributed by atoms with Crippen LogP contribution in [-0.2, 0) is 17.9 Å². The maximum absolute atomic E-state index is 12.6. The Morgan fingerprint density at radius 2 is 1.86 bits per heavy atom. The number of nitrogens with zero attached hydrogens (tertiary/aromatic N) is 2. The van der Waals surface area contributed by atoms with E-state index in [9.17, 15) is 9.59 Å². The highest BCUT2D eigenvalue weighted by atomic mass is 16.7. The van der Waals surface area contributed by atoms with Crippen molar-refractivity contribution in [2.75, 3.05) is 6.79 Å². The second-order valence-corrected chi connectivity index (χ2v) is 6.98. The average Bonchev–Trinajstić information content (AvgIpc) is 3.13. The van der Waals surface area contributed by atoms with Crippen LogP contribution >= 0.6 is 0 Å². The van der Waals surface area contributed by atoms with Crippen molar-refractivity contribution in [3.8, 4) is 11.5 Å². The van der Waals surface area contributed by atoms with Gasteiger partial charge in [0, 0.05) is 6.54 Å². The first-order chi connectivity index (χ1) is 13.4. The standard InChI is InChI=1S/C21H21N3O4/c1-12-6-16-17(7-13(12)2)24(21(26)14(3)23-16)10-20(25)22-9-15-4-5-18-19(8-15)28-11-27-18/h4-8H,9-11H2,1-3H3,(H,22,25). The molecule has 0 fully saturated rings. The lowest BCUT2D eigenvalue weighted by Crippen LogP contribution is -2.33. The molecule has 1 aliphatic heterocycles. The molecule has 0 saturated heterocycles. The fraction of sp³-hybridized carbons (Fsp3) is 0.286. The molecule has 2 aromatic carbocycles. The van der Waals surface area contributed by atoms with Crippen LogP contribution in [0.5, 0.6) is 11.5 Å². The highest BCUT2D eigenvalue weighted by molar-refractivity contribution is 5.81. The lowest BCUT2D eigenvalue weighted by atomic mass is 10.1. The number of benzene rings is 2. The van der Waals surface area contributed by atoms with Gasteiger partial charge in [0.25, 0.3) is 5.56 Å². The van der Waals surface area contributed by atoms with Gasteiger partial charge >= 0.3 is 0 Å². The molecule has 28 heavy (non-hydrogen) atoms. The van der Waals surface area contributed by atoms with E-state index in [1.807, 2.05) is 44.2 Å². The molecule has 0 bridgehead atoms. The Labute approximate surface area is 161 Å². The molecule has 1 N–H and O–H groups in total. The van der Waals surface area contributed by atoms with Crippen LogP contribution in [0.25, 0.3) is 11.0 Å². The zero-order valence-corrected chi connectivity index (χ0v) is 16.0. The first kappa shape index (κ1) is 18.0. The van der Waals surface area contributed by atoms with E-state index < -0.39 is 0 Å². The number of aryl methyl sites for hydroxylation is 3. The van der Waals surface area contributed by atoms with Crippen molar-refractivity contribution in [2.45, 2.75) is 33.9 Å². The predicted molar refractivity (Wildman–Crippen MR) is 105 cm³/mol. The van der Waals surface area contributed by atoms with Crippen LogP contribution in [0.4, 0.5) is 0 Å². The van der Waals surface area contributed by atoms with Crippen molar-refractivity contribution >= 4 is 16.9 Å². The Bertz CT molecular complexity index is 1150. The van der Waals surface area contributed by atoms with Crippen molar-refractivity contribution in [3.63, 3.8) is 0 Å². The second kappa shape index (κ2) is 6.99. The summed E-state index contributed by atoms with van der Waals surface area (Å²) in [5.41, 5.74) is 4.53. The van der Waals surface area contributed by atoms with E-state index in [1.165, 1.54) is 4.57 Å². The summed E-state index contributed by atoms with van der Waals surface area (Å²) in [6.45, 7) is 6.12. The Hall–Kier alpha value is -3.35. The largest absolute Gasteiger partial charge is 0.454 e. The minimum atomic E-state index is -0.256. The van der Waals surface area contributed by atoms with Gasteiger partial charge in [-0.2, -0.15) is 0 Å². The summed E-state index contributed by atoms with van der Waals surface area (Å²) in [6, 6.07) is 9.38. The second-order valence-electron chi connectivity index (χ2n) is 6.98. The molecule has 7 heteroatoms. The maximum atomic E-state index is 12.6. The van der Waals surface area contributed by atoms with Crippen molar-refractivity contribution in [3.05, 3.63) is 63.1 Å². The number of hydrogen-bond donors (Lipinski definition) is 1. The molecule has 7 nitrogen and oxygen atoms in total. The number of ether oxygens (including phenoxy) is 2. The van der Waals surface area contributed by atoms with Crippen molar-refractivity contribution in [2.24, 2.45) is 0 Å². The zero-order valence-electron chi connectivity index (χ0n) is 16.0. The van der Waals surface area contributed by atoms with E-state index in [0.29, 0.717) is 34.8 Å². The fourth-order valence-electron chi connectivity index (χ4n) is 3.23. The van der Waals surface area contributed by atoms with E-state index in [-0.39, 0.29) is 24.8 Å². The number of carbonyl (C=O) groups is 1. The van der Waals surface area contributed by atoms with E-state index >= 15 is 0 Å². The number of aromatic nitrogens is 2. The summed E-state index contributed by atoms with van der Waals surface area (Å²) in [5, 5.41) is 2.86. The summed E-state index contributed by atoms with van der Waals surface area (Å²) in [5.74, 6) is 1.13. The van der Waals surface area contributed by atoms with Gasteiger partial charge in [0.15, 0.2) is 11.5 Å². The zero-order chi connectivity index (χ0) is 19.8. The van der Waals surface area contributed by atoms with Crippen LogP contribution in [0.3, 0.4) is 0 Å². The Morgan fingerprint density at radius 1 is 1.11 bits per heavy atom. The third kappa shape index (κ3) is 3.31. The van der Waals surface area contributed by atoms with E-state index in [0.717, 1.165) is 16.7 Å². The third-order valence-electron chi connectivity index (χ3n) is 4.95. The van der Waals surface area contributed by atoms with Crippen LogP contribution in [0.2, 0.25) is 0 Å². The van der Waals surface area contributed by atoms with Gasteiger partial charge in [0.1, 0.15) is 12.2 Å². The molecular formula is C21H21N3O4. The highest BCUT2D eigenvalue weighted by Crippen LogP contribution is 2.32. The summed E-state index contributed by atoms with van der Waals surface area (Å²) in [4.78, 5) is 29.5. The summed E-state index contributed by atoms with van der Waals surface area (Å²) >= 11 is 0. The molecule has 0 radical (unpaired) electrons. The number of nitrogens with one attached hydrogen (secondary N) is 1. The lowest BCUT2D eigenvalue weighted by molar-refractivity contribution is -0.121. The van der Waals surface area contributed by atoms with E-state index in [4.69, 9.17) is 9.47 Å². The highest BCUT2D eigenvalue weighted by Gasteiger charge is 2.15. The normalized spacial score (nSPS) is 12.4. The van der Waals surface area contributed by atoms with Crippen molar-refractivity contribution < 1.29 is 14.3 Å². The molecule has 1 aromatic heterocycles. The number of rotatable bonds is 4. The third-order valence-corrected chi connectivity index (χ3v) is 4.95. The minimum absolute atomic E-state index is 0.0637. The van der Waals surface area contributed by atoms with Gasteiger partial charge in [0.2, 0.25) is 12.7 Å².